The van der Waals surface area contributed by atoms with Crippen LogP contribution >= 0.6 is 0 Å². The Balaban J connectivity index is 1.41. The van der Waals surface area contributed by atoms with Gasteiger partial charge in [-0.3, -0.25) is 9.59 Å². The summed E-state index contributed by atoms with van der Waals surface area (Å²) in [6.07, 6.45) is 1.52. The van der Waals surface area contributed by atoms with E-state index in [1.807, 2.05) is 32.0 Å². The number of fused-ring (bicyclic) bond motifs is 2. The number of rotatable bonds is 7. The van der Waals surface area contributed by atoms with Crippen LogP contribution in [0.2, 0.25) is 0 Å². The van der Waals surface area contributed by atoms with Crippen LogP contribution in [0.15, 0.2) is 36.4 Å². The van der Waals surface area contributed by atoms with Gasteiger partial charge in [-0.25, -0.2) is 9.37 Å². The SMILES string of the molecule is CCNC(=O)[C@@H](C)NC(=O)C1(c2ccc3nc(C[C@H]4c5cc(F)ccc5OC4C)[nH]c3c2)CCOCC1. The molecule has 0 radical (unpaired) electrons. The number of hydrogen-bond donors (Lipinski definition) is 3. The lowest BCUT2D eigenvalue weighted by Crippen LogP contribution is -2.53. The summed E-state index contributed by atoms with van der Waals surface area (Å²) in [4.78, 5) is 34.0. The van der Waals surface area contributed by atoms with Gasteiger partial charge < -0.3 is 25.1 Å². The Morgan fingerprint density at radius 2 is 2.00 bits per heavy atom. The molecule has 37 heavy (non-hydrogen) atoms. The number of H-pyrrole nitrogens is 1. The summed E-state index contributed by atoms with van der Waals surface area (Å²) in [5, 5.41) is 5.67. The highest BCUT2D eigenvalue weighted by atomic mass is 19.1. The first kappa shape index (κ1) is 25.2. The van der Waals surface area contributed by atoms with E-state index in [0.29, 0.717) is 44.8 Å². The first-order valence-electron chi connectivity index (χ1n) is 12.9. The Labute approximate surface area is 215 Å². The van der Waals surface area contributed by atoms with Crippen molar-refractivity contribution >= 4 is 22.8 Å². The monoisotopic (exact) mass is 508 g/mol. The molecule has 0 aliphatic carbocycles. The molecule has 2 aliphatic heterocycles. The van der Waals surface area contributed by atoms with Crippen molar-refractivity contribution < 1.29 is 23.5 Å². The van der Waals surface area contributed by atoms with Gasteiger partial charge >= 0.3 is 0 Å². The molecule has 1 fully saturated rings. The highest BCUT2D eigenvalue weighted by Crippen LogP contribution is 2.41. The van der Waals surface area contributed by atoms with E-state index in [-0.39, 0.29) is 29.7 Å². The van der Waals surface area contributed by atoms with Gasteiger partial charge in [0.15, 0.2) is 0 Å². The quantitative estimate of drug-likeness (QED) is 0.453. The fourth-order valence-electron chi connectivity index (χ4n) is 5.49. The number of hydrogen-bond acceptors (Lipinski definition) is 5. The van der Waals surface area contributed by atoms with Gasteiger partial charge in [-0.2, -0.15) is 0 Å². The number of imidazole rings is 1. The number of halogens is 1. The Kier molecular flexibility index (Phi) is 6.90. The van der Waals surface area contributed by atoms with Crippen LogP contribution in [0.1, 0.15) is 56.5 Å². The Morgan fingerprint density at radius 3 is 2.76 bits per heavy atom. The average molecular weight is 509 g/mol. The molecule has 196 valence electrons. The third-order valence-corrected chi connectivity index (χ3v) is 7.62. The maximum absolute atomic E-state index is 13.9. The molecule has 8 nitrogen and oxygen atoms in total. The third-order valence-electron chi connectivity index (χ3n) is 7.62. The number of amides is 2. The normalized spacial score (nSPS) is 21.2. The summed E-state index contributed by atoms with van der Waals surface area (Å²) in [6.45, 7) is 6.95. The molecule has 9 heteroatoms. The van der Waals surface area contributed by atoms with Gasteiger partial charge in [-0.15, -0.1) is 0 Å². The third kappa shape index (κ3) is 4.80. The summed E-state index contributed by atoms with van der Waals surface area (Å²) in [5.74, 6) is 0.806. The molecule has 0 bridgehead atoms. The molecule has 0 saturated carbocycles. The van der Waals surface area contributed by atoms with Crippen molar-refractivity contribution in [1.29, 1.82) is 0 Å². The number of benzene rings is 2. The molecule has 1 aromatic heterocycles. The number of nitrogens with one attached hydrogen (secondary N) is 3. The largest absolute Gasteiger partial charge is 0.490 e. The van der Waals surface area contributed by atoms with Crippen molar-refractivity contribution in [2.45, 2.75) is 63.5 Å². The zero-order chi connectivity index (χ0) is 26.2. The van der Waals surface area contributed by atoms with Crippen molar-refractivity contribution in [2.75, 3.05) is 19.8 Å². The van der Waals surface area contributed by atoms with E-state index < -0.39 is 11.5 Å². The predicted octanol–water partition coefficient (Wildman–Crippen LogP) is 3.50. The number of aromatic amines is 1. The molecule has 2 amide bonds. The van der Waals surface area contributed by atoms with E-state index in [1.54, 1.807) is 19.1 Å². The van der Waals surface area contributed by atoms with Crippen molar-refractivity contribution in [2.24, 2.45) is 0 Å². The van der Waals surface area contributed by atoms with Gasteiger partial charge in [0, 0.05) is 37.7 Å². The Bertz CT molecular complexity index is 1320. The van der Waals surface area contributed by atoms with Crippen LogP contribution in [0.5, 0.6) is 5.75 Å². The number of aromatic nitrogens is 2. The fraction of sp³-hybridized carbons (Fsp3) is 0.464. The minimum atomic E-state index is -0.803. The highest BCUT2D eigenvalue weighted by Gasteiger charge is 2.43. The summed E-state index contributed by atoms with van der Waals surface area (Å²) in [5.41, 5.74) is 2.54. The van der Waals surface area contributed by atoms with E-state index in [0.717, 1.165) is 28.0 Å². The van der Waals surface area contributed by atoms with E-state index in [4.69, 9.17) is 14.5 Å². The lowest BCUT2D eigenvalue weighted by atomic mass is 9.73. The molecule has 3 aromatic rings. The second kappa shape index (κ2) is 10.1. The maximum Gasteiger partial charge on any atom is 0.242 e. The molecule has 3 atom stereocenters. The van der Waals surface area contributed by atoms with E-state index in [9.17, 15) is 14.0 Å². The van der Waals surface area contributed by atoms with Gasteiger partial charge in [-0.1, -0.05) is 6.07 Å². The van der Waals surface area contributed by atoms with E-state index in [2.05, 4.69) is 15.6 Å². The maximum atomic E-state index is 13.9. The van der Waals surface area contributed by atoms with Crippen LogP contribution in [-0.2, 0) is 26.2 Å². The zero-order valence-electron chi connectivity index (χ0n) is 21.4. The molecule has 2 aliphatic rings. The predicted molar refractivity (Wildman–Crippen MR) is 137 cm³/mol. The number of likely N-dealkylation sites (N-methyl/N-ethyl adjacent to an activating group) is 1. The van der Waals surface area contributed by atoms with E-state index >= 15 is 0 Å². The molecular weight excluding hydrogens is 475 g/mol. The smallest absolute Gasteiger partial charge is 0.242 e. The molecule has 3 heterocycles. The van der Waals surface area contributed by atoms with Crippen molar-refractivity contribution in [3.63, 3.8) is 0 Å². The molecule has 5 rings (SSSR count). The molecule has 1 saturated heterocycles. The summed E-state index contributed by atoms with van der Waals surface area (Å²) < 4.78 is 25.4. The number of carbonyl (C=O) groups excluding carboxylic acids is 2. The minimum absolute atomic E-state index is 0.0194. The van der Waals surface area contributed by atoms with E-state index in [1.165, 1.54) is 6.07 Å². The number of carbonyl (C=O) groups is 2. The fourth-order valence-corrected chi connectivity index (χ4v) is 5.49. The summed E-state index contributed by atoms with van der Waals surface area (Å²) in [6, 6.07) is 9.84. The lowest BCUT2D eigenvalue weighted by Gasteiger charge is -2.37. The average Bonchev–Trinajstić information content (AvgIpc) is 3.43. The van der Waals surface area contributed by atoms with Crippen LogP contribution in [0.3, 0.4) is 0 Å². The number of ether oxygens (including phenoxy) is 2. The second-order valence-electron chi connectivity index (χ2n) is 10.0. The lowest BCUT2D eigenvalue weighted by molar-refractivity contribution is -0.134. The van der Waals surface area contributed by atoms with Crippen LogP contribution in [0.25, 0.3) is 11.0 Å². The van der Waals surface area contributed by atoms with Crippen molar-refractivity contribution in [1.82, 2.24) is 20.6 Å². The van der Waals surface area contributed by atoms with Gasteiger partial charge in [0.05, 0.1) is 16.4 Å². The summed E-state index contributed by atoms with van der Waals surface area (Å²) in [7, 11) is 0. The van der Waals surface area contributed by atoms with Crippen LogP contribution in [0, 0.1) is 5.82 Å². The standard InChI is InChI=1S/C28H33FN4O4/c1-4-30-26(34)16(2)31-27(35)28(9-11-36-12-10-28)18-5-7-22-23(13-18)33-25(32-22)15-20-17(3)37-24-8-6-19(29)14-21(20)24/h5-8,13-14,16-17,20H,4,9-12,15H2,1-3H3,(H,30,34)(H,31,35)(H,32,33)/t16-,17?,20-/m1/s1. The Hall–Kier alpha value is -3.46. The first-order valence-corrected chi connectivity index (χ1v) is 12.9. The van der Waals surface area contributed by atoms with Gasteiger partial charge in [0.1, 0.15) is 29.5 Å². The number of nitrogens with zero attached hydrogens (tertiary/aromatic N) is 1. The second-order valence-corrected chi connectivity index (χ2v) is 10.0. The first-order chi connectivity index (χ1) is 17.8. The molecule has 3 N–H and O–H groups in total. The Morgan fingerprint density at radius 1 is 1.22 bits per heavy atom. The topological polar surface area (TPSA) is 105 Å². The van der Waals surface area contributed by atoms with Crippen LogP contribution in [0.4, 0.5) is 4.39 Å². The van der Waals surface area contributed by atoms with Crippen molar-refractivity contribution in [3.05, 3.63) is 59.2 Å². The summed E-state index contributed by atoms with van der Waals surface area (Å²) >= 11 is 0. The zero-order valence-corrected chi connectivity index (χ0v) is 21.4. The van der Waals surface area contributed by atoms with Crippen LogP contribution in [-0.4, -0.2) is 53.7 Å². The molecule has 1 unspecified atom stereocenters. The van der Waals surface area contributed by atoms with Crippen molar-refractivity contribution in [3.8, 4) is 5.75 Å². The van der Waals surface area contributed by atoms with Gasteiger partial charge in [-0.05, 0) is 69.5 Å². The molecular formula is C28H33FN4O4. The highest BCUT2D eigenvalue weighted by molar-refractivity contribution is 5.94. The minimum Gasteiger partial charge on any atom is -0.490 e. The van der Waals surface area contributed by atoms with Gasteiger partial charge in [0.25, 0.3) is 0 Å². The molecule has 0 spiro atoms. The molecule has 2 aromatic carbocycles. The van der Waals surface area contributed by atoms with Crippen LogP contribution < -0.4 is 15.4 Å². The van der Waals surface area contributed by atoms with Gasteiger partial charge in [0.2, 0.25) is 11.8 Å².